The van der Waals surface area contributed by atoms with E-state index in [-0.39, 0.29) is 11.8 Å². The lowest BCUT2D eigenvalue weighted by Crippen LogP contribution is -2.20. The molecule has 2 saturated carbocycles. The van der Waals surface area contributed by atoms with Crippen molar-refractivity contribution in [3.63, 3.8) is 0 Å². The molecule has 0 spiro atoms. The van der Waals surface area contributed by atoms with Crippen molar-refractivity contribution in [3.8, 4) is 0 Å². The van der Waals surface area contributed by atoms with E-state index in [1.54, 1.807) is 0 Å². The summed E-state index contributed by atoms with van der Waals surface area (Å²) >= 11 is 4.24. The normalized spacial score (nSPS) is 27.8. The summed E-state index contributed by atoms with van der Waals surface area (Å²) in [4.78, 5) is 0. The van der Waals surface area contributed by atoms with E-state index in [1.807, 2.05) is 0 Å². The van der Waals surface area contributed by atoms with Crippen LogP contribution in [0.25, 0.3) is 0 Å². The largest absolute Gasteiger partial charge is 0.317 e. The van der Waals surface area contributed by atoms with Crippen LogP contribution >= 0.6 is 28.6 Å². The van der Waals surface area contributed by atoms with Crippen LogP contribution < -0.4 is 0 Å². The zero-order valence-electron chi connectivity index (χ0n) is 10.3. The molecule has 0 heterocycles. The van der Waals surface area contributed by atoms with Gasteiger partial charge in [0.25, 0.3) is 6.57 Å². The first-order chi connectivity index (χ1) is 8.24. The molecule has 0 aromatic rings. The molecule has 1 unspecified atom stereocenters. The summed E-state index contributed by atoms with van der Waals surface area (Å²) in [7, 11) is 1.20. The summed E-state index contributed by atoms with van der Waals surface area (Å²) in [6.45, 7) is -2.56. The lowest BCUT2D eigenvalue weighted by Gasteiger charge is -2.32. The molecule has 2 aliphatic rings. The van der Waals surface area contributed by atoms with Gasteiger partial charge in [-0.05, 0) is 36.1 Å². The molecule has 0 aromatic heterocycles. The fraction of sp³-hybridized carbons (Fsp3) is 1.00. The van der Waals surface area contributed by atoms with Crippen molar-refractivity contribution in [2.24, 2.45) is 0 Å². The van der Waals surface area contributed by atoms with Crippen molar-refractivity contribution >= 4 is 28.6 Å². The molecule has 5 heteroatoms. The highest BCUT2D eigenvalue weighted by Gasteiger charge is 2.37. The fourth-order valence-corrected chi connectivity index (χ4v) is 7.97. The van der Waals surface area contributed by atoms with Crippen LogP contribution in [0.15, 0.2) is 0 Å². The zero-order valence-corrected chi connectivity index (χ0v) is 13.0. The second kappa shape index (κ2) is 6.88. The van der Waals surface area contributed by atoms with E-state index in [9.17, 15) is 4.57 Å². The number of hydrogen-bond donors (Lipinski definition) is 1. The third-order valence-electron chi connectivity index (χ3n) is 3.98. The Kier molecular flexibility index (Phi) is 5.79. The highest BCUT2D eigenvalue weighted by atomic mass is 33.3. The first-order valence-electron chi connectivity index (χ1n) is 6.86. The Hall–Kier alpha value is 0.890. The van der Waals surface area contributed by atoms with Gasteiger partial charge in [0.2, 0.25) is 0 Å². The maximum Gasteiger partial charge on any atom is 0.270 e. The predicted molar refractivity (Wildman–Crippen MR) is 79.0 cm³/mol. The molecule has 0 aliphatic heterocycles. The van der Waals surface area contributed by atoms with Gasteiger partial charge in [-0.3, -0.25) is 4.57 Å². The monoisotopic (exact) mass is 294 g/mol. The first-order valence-corrected chi connectivity index (χ1v) is 11.0. The van der Waals surface area contributed by atoms with E-state index >= 15 is 0 Å². The van der Waals surface area contributed by atoms with Crippen LogP contribution in [0.3, 0.4) is 0 Å². The third kappa shape index (κ3) is 3.92. The minimum Gasteiger partial charge on any atom is -0.317 e. The highest BCUT2D eigenvalue weighted by molar-refractivity contribution is 8.94. The van der Waals surface area contributed by atoms with E-state index in [0.717, 1.165) is 25.7 Å². The van der Waals surface area contributed by atoms with E-state index in [0.29, 0.717) is 0 Å². The minimum atomic E-state index is -2.56. The SMILES string of the molecule is O=P(OC1CCCCC1)(SS)C1CCCCC1. The number of thiol groups is 1. The van der Waals surface area contributed by atoms with Gasteiger partial charge in [-0.15, -0.1) is 11.7 Å². The maximum absolute atomic E-state index is 12.9. The number of hydrogen-bond acceptors (Lipinski definition) is 4. The molecule has 2 rings (SSSR count). The van der Waals surface area contributed by atoms with Gasteiger partial charge in [0.05, 0.1) is 6.10 Å². The Morgan fingerprint density at radius 3 is 2.00 bits per heavy atom. The Morgan fingerprint density at radius 2 is 1.47 bits per heavy atom. The minimum absolute atomic E-state index is 0.233. The average Bonchev–Trinajstić information content (AvgIpc) is 2.41. The summed E-state index contributed by atoms with van der Waals surface area (Å²) < 4.78 is 18.9. The van der Waals surface area contributed by atoms with Crippen LogP contribution in [-0.2, 0) is 9.09 Å². The van der Waals surface area contributed by atoms with Gasteiger partial charge in [-0.2, -0.15) is 0 Å². The van der Waals surface area contributed by atoms with Crippen LogP contribution in [0.2, 0.25) is 0 Å². The van der Waals surface area contributed by atoms with Gasteiger partial charge in [0.15, 0.2) is 0 Å². The van der Waals surface area contributed by atoms with Crippen molar-refractivity contribution in [1.82, 2.24) is 0 Å². The van der Waals surface area contributed by atoms with E-state index in [2.05, 4.69) is 11.7 Å². The summed E-state index contributed by atoms with van der Waals surface area (Å²) in [5.74, 6) is 0. The summed E-state index contributed by atoms with van der Waals surface area (Å²) in [5, 5.41) is 0. The van der Waals surface area contributed by atoms with Crippen LogP contribution in [0, 0.1) is 0 Å². The highest BCUT2D eigenvalue weighted by Crippen LogP contribution is 2.69. The van der Waals surface area contributed by atoms with Crippen LogP contribution in [-0.4, -0.2) is 11.8 Å². The number of rotatable bonds is 4. The molecule has 17 heavy (non-hydrogen) atoms. The van der Waals surface area contributed by atoms with Crippen molar-refractivity contribution in [1.29, 1.82) is 0 Å². The fourth-order valence-electron chi connectivity index (χ4n) is 2.95. The zero-order chi connectivity index (χ0) is 12.1. The lowest BCUT2D eigenvalue weighted by molar-refractivity contribution is 0.159. The molecular weight excluding hydrogens is 271 g/mol. The van der Waals surface area contributed by atoms with Gasteiger partial charge >= 0.3 is 0 Å². The van der Waals surface area contributed by atoms with Crippen LogP contribution in [0.1, 0.15) is 64.2 Å². The molecular formula is C12H23O2PS2. The molecule has 100 valence electrons. The Bertz CT molecular complexity index is 274. The van der Waals surface area contributed by atoms with Gasteiger partial charge in [-0.1, -0.05) is 38.5 Å². The molecule has 2 nitrogen and oxygen atoms in total. The molecule has 1 atom stereocenters. The Balaban J connectivity index is 1.94. The quantitative estimate of drug-likeness (QED) is 0.425. The van der Waals surface area contributed by atoms with Gasteiger partial charge in [0, 0.05) is 5.66 Å². The van der Waals surface area contributed by atoms with Crippen LogP contribution in [0.4, 0.5) is 0 Å². The summed E-state index contributed by atoms with van der Waals surface area (Å²) in [5.41, 5.74) is 0.265. The van der Waals surface area contributed by atoms with Gasteiger partial charge in [0.1, 0.15) is 0 Å². The molecule has 0 N–H and O–H groups in total. The smallest absolute Gasteiger partial charge is 0.270 e. The molecule has 0 radical (unpaired) electrons. The van der Waals surface area contributed by atoms with E-state index in [1.165, 1.54) is 48.9 Å². The summed E-state index contributed by atoms with van der Waals surface area (Å²) in [6, 6.07) is 0. The van der Waals surface area contributed by atoms with Gasteiger partial charge in [-0.25, -0.2) is 0 Å². The third-order valence-corrected chi connectivity index (χ3v) is 10.1. The Morgan fingerprint density at radius 1 is 0.941 bits per heavy atom. The lowest BCUT2D eigenvalue weighted by atomic mass is 9.98. The molecule has 0 saturated heterocycles. The average molecular weight is 294 g/mol. The van der Waals surface area contributed by atoms with Crippen LogP contribution in [0.5, 0.6) is 0 Å². The second-order valence-corrected chi connectivity index (χ2v) is 10.9. The predicted octanol–water partition coefficient (Wildman–Crippen LogP) is 5.44. The maximum atomic E-state index is 12.9. The van der Waals surface area contributed by atoms with Crippen molar-refractivity contribution < 1.29 is 9.09 Å². The summed E-state index contributed by atoms with van der Waals surface area (Å²) in [6.07, 6.45) is 12.0. The van der Waals surface area contributed by atoms with E-state index in [4.69, 9.17) is 4.52 Å². The van der Waals surface area contributed by atoms with Gasteiger partial charge < -0.3 is 4.52 Å². The molecule has 0 amide bonds. The van der Waals surface area contributed by atoms with E-state index < -0.39 is 6.57 Å². The second-order valence-electron chi connectivity index (χ2n) is 5.28. The van der Waals surface area contributed by atoms with Crippen molar-refractivity contribution in [3.05, 3.63) is 0 Å². The molecule has 2 fully saturated rings. The molecule has 0 bridgehead atoms. The Labute approximate surface area is 114 Å². The first kappa shape index (κ1) is 14.3. The molecule has 2 aliphatic carbocycles. The standard InChI is InChI=1S/C12H23O2PS2/c13-15(17-16,12-9-5-2-6-10-12)14-11-7-3-1-4-8-11/h11-12,16H,1-10H2. The molecule has 0 aromatic carbocycles. The topological polar surface area (TPSA) is 26.3 Å². The van der Waals surface area contributed by atoms with Crippen molar-refractivity contribution in [2.45, 2.75) is 76.0 Å². The van der Waals surface area contributed by atoms with Crippen molar-refractivity contribution in [2.75, 3.05) is 0 Å².